The first-order chi connectivity index (χ1) is 8.69. The van der Waals surface area contributed by atoms with Gasteiger partial charge in [-0.05, 0) is 25.8 Å². The van der Waals surface area contributed by atoms with Crippen LogP contribution in [0.15, 0.2) is 30.5 Å². The summed E-state index contributed by atoms with van der Waals surface area (Å²) in [6.45, 7) is 7.35. The molecule has 18 heavy (non-hydrogen) atoms. The molecule has 1 N–H and O–H groups in total. The molecule has 96 valence electrons. The van der Waals surface area contributed by atoms with Gasteiger partial charge in [0.05, 0.1) is 6.04 Å². The molecule has 2 nitrogen and oxygen atoms in total. The van der Waals surface area contributed by atoms with Gasteiger partial charge in [0, 0.05) is 17.6 Å². The summed E-state index contributed by atoms with van der Waals surface area (Å²) in [5.74, 6) is 0. The Morgan fingerprint density at radius 3 is 2.61 bits per heavy atom. The van der Waals surface area contributed by atoms with Crippen LogP contribution >= 0.6 is 11.3 Å². The van der Waals surface area contributed by atoms with Crippen LogP contribution in [-0.4, -0.2) is 4.98 Å². The Hall–Kier alpha value is -1.19. The molecule has 1 heterocycles. The van der Waals surface area contributed by atoms with Gasteiger partial charge in [-0.15, -0.1) is 11.3 Å². The lowest BCUT2D eigenvalue weighted by atomic mass is 10.1. The smallest absolute Gasteiger partial charge is 0.109 e. The fraction of sp³-hybridized carbons (Fsp3) is 0.400. The molecule has 0 aliphatic carbocycles. The van der Waals surface area contributed by atoms with Crippen molar-refractivity contribution in [2.45, 2.75) is 39.8 Å². The van der Waals surface area contributed by atoms with Crippen LogP contribution in [0.3, 0.4) is 0 Å². The molecule has 0 fully saturated rings. The summed E-state index contributed by atoms with van der Waals surface area (Å²) in [4.78, 5) is 5.82. The molecule has 2 aromatic rings. The third kappa shape index (κ3) is 3.40. The van der Waals surface area contributed by atoms with E-state index >= 15 is 0 Å². The van der Waals surface area contributed by atoms with Crippen molar-refractivity contribution in [1.29, 1.82) is 0 Å². The van der Waals surface area contributed by atoms with Crippen LogP contribution in [0, 0.1) is 6.92 Å². The van der Waals surface area contributed by atoms with E-state index in [0.717, 1.165) is 13.0 Å². The Morgan fingerprint density at radius 2 is 2.00 bits per heavy atom. The monoisotopic (exact) mass is 260 g/mol. The number of rotatable bonds is 5. The van der Waals surface area contributed by atoms with Gasteiger partial charge in [-0.25, -0.2) is 4.98 Å². The van der Waals surface area contributed by atoms with Crippen LogP contribution in [0.25, 0.3) is 0 Å². The first-order valence-electron chi connectivity index (χ1n) is 6.42. The predicted molar refractivity (Wildman–Crippen MR) is 77.9 cm³/mol. The number of nitrogens with one attached hydrogen (secondary N) is 1. The van der Waals surface area contributed by atoms with Gasteiger partial charge in [0.25, 0.3) is 0 Å². The van der Waals surface area contributed by atoms with Crippen LogP contribution in [0.5, 0.6) is 0 Å². The van der Waals surface area contributed by atoms with Gasteiger partial charge in [0.15, 0.2) is 0 Å². The largest absolute Gasteiger partial charge is 0.304 e. The molecule has 3 heteroatoms. The Morgan fingerprint density at radius 1 is 1.28 bits per heavy atom. The van der Waals surface area contributed by atoms with Gasteiger partial charge in [-0.2, -0.15) is 0 Å². The van der Waals surface area contributed by atoms with E-state index in [1.165, 1.54) is 21.0 Å². The second-order valence-electron chi connectivity index (χ2n) is 4.61. The fourth-order valence-corrected chi connectivity index (χ4v) is 2.63. The van der Waals surface area contributed by atoms with Crippen molar-refractivity contribution >= 4 is 11.3 Å². The Balaban J connectivity index is 1.91. The summed E-state index contributed by atoms with van der Waals surface area (Å²) < 4.78 is 0. The van der Waals surface area contributed by atoms with E-state index in [-0.39, 0.29) is 0 Å². The normalized spacial score (nSPS) is 12.6. The highest BCUT2D eigenvalue weighted by atomic mass is 32.1. The third-order valence-electron chi connectivity index (χ3n) is 3.02. The first-order valence-corrected chi connectivity index (χ1v) is 7.24. The zero-order valence-electron chi connectivity index (χ0n) is 11.2. The second kappa shape index (κ2) is 6.12. The average molecular weight is 260 g/mol. The number of thiazole rings is 1. The number of hydrogen-bond donors (Lipinski definition) is 1. The standard InChI is InChI=1S/C15H20N2S/c1-4-14-10-17-15(18-14)12(3)16-9-13-7-5-11(2)6-8-13/h5-8,10,12,16H,4,9H2,1-3H3. The fourth-order valence-electron chi connectivity index (χ4n) is 1.75. The summed E-state index contributed by atoms with van der Waals surface area (Å²) in [5.41, 5.74) is 2.62. The zero-order chi connectivity index (χ0) is 13.0. The highest BCUT2D eigenvalue weighted by Gasteiger charge is 2.09. The lowest BCUT2D eigenvalue weighted by molar-refractivity contribution is 0.572. The molecule has 1 aromatic heterocycles. The Labute approximate surface area is 113 Å². The van der Waals surface area contributed by atoms with E-state index in [1.54, 1.807) is 11.3 Å². The quantitative estimate of drug-likeness (QED) is 0.883. The molecule has 0 amide bonds. The van der Waals surface area contributed by atoms with E-state index in [9.17, 15) is 0 Å². The number of aromatic nitrogens is 1. The number of hydrogen-bond acceptors (Lipinski definition) is 3. The van der Waals surface area contributed by atoms with Crippen LogP contribution in [0.4, 0.5) is 0 Å². The number of nitrogens with zero attached hydrogens (tertiary/aromatic N) is 1. The second-order valence-corrected chi connectivity index (χ2v) is 5.75. The topological polar surface area (TPSA) is 24.9 Å². The summed E-state index contributed by atoms with van der Waals surface area (Å²) in [6.07, 6.45) is 3.06. The van der Waals surface area contributed by atoms with Crippen molar-refractivity contribution in [1.82, 2.24) is 10.3 Å². The van der Waals surface area contributed by atoms with Crippen LogP contribution in [0.2, 0.25) is 0 Å². The molecular formula is C15H20N2S. The van der Waals surface area contributed by atoms with E-state index in [0.29, 0.717) is 6.04 Å². The van der Waals surface area contributed by atoms with Crippen LogP contribution < -0.4 is 5.32 Å². The van der Waals surface area contributed by atoms with Crippen molar-refractivity contribution in [2.75, 3.05) is 0 Å². The molecule has 0 bridgehead atoms. The number of aryl methyl sites for hydroxylation is 2. The maximum Gasteiger partial charge on any atom is 0.109 e. The molecule has 0 aliphatic heterocycles. The molecule has 2 rings (SSSR count). The summed E-state index contributed by atoms with van der Waals surface area (Å²) in [6, 6.07) is 8.97. The summed E-state index contributed by atoms with van der Waals surface area (Å²) in [7, 11) is 0. The minimum atomic E-state index is 0.316. The molecule has 0 saturated heterocycles. The van der Waals surface area contributed by atoms with Crippen molar-refractivity contribution < 1.29 is 0 Å². The molecule has 0 spiro atoms. The predicted octanol–water partition coefficient (Wildman–Crippen LogP) is 3.86. The molecule has 1 atom stereocenters. The highest BCUT2D eigenvalue weighted by Crippen LogP contribution is 2.20. The van der Waals surface area contributed by atoms with Gasteiger partial charge in [-0.3, -0.25) is 0 Å². The molecule has 0 saturated carbocycles. The van der Waals surface area contributed by atoms with Gasteiger partial charge in [0.2, 0.25) is 0 Å². The van der Waals surface area contributed by atoms with E-state index in [4.69, 9.17) is 0 Å². The SMILES string of the molecule is CCc1cnc(C(C)NCc2ccc(C)cc2)s1. The van der Waals surface area contributed by atoms with Gasteiger partial charge < -0.3 is 5.32 Å². The van der Waals surface area contributed by atoms with Gasteiger partial charge in [0.1, 0.15) is 5.01 Å². The van der Waals surface area contributed by atoms with Gasteiger partial charge in [-0.1, -0.05) is 36.8 Å². The molecular weight excluding hydrogens is 240 g/mol. The maximum atomic E-state index is 4.47. The maximum absolute atomic E-state index is 4.47. The molecule has 1 unspecified atom stereocenters. The minimum Gasteiger partial charge on any atom is -0.304 e. The minimum absolute atomic E-state index is 0.316. The summed E-state index contributed by atoms with van der Waals surface area (Å²) in [5, 5.41) is 4.70. The lowest BCUT2D eigenvalue weighted by Gasteiger charge is -2.11. The van der Waals surface area contributed by atoms with Crippen molar-refractivity contribution in [2.24, 2.45) is 0 Å². The molecule has 0 aliphatic rings. The van der Waals surface area contributed by atoms with Crippen LogP contribution in [0.1, 0.15) is 40.9 Å². The summed E-state index contributed by atoms with van der Waals surface area (Å²) >= 11 is 1.80. The average Bonchev–Trinajstić information content (AvgIpc) is 2.86. The zero-order valence-corrected chi connectivity index (χ0v) is 12.1. The molecule has 0 radical (unpaired) electrons. The van der Waals surface area contributed by atoms with Crippen LogP contribution in [-0.2, 0) is 13.0 Å². The van der Waals surface area contributed by atoms with Gasteiger partial charge >= 0.3 is 0 Å². The highest BCUT2D eigenvalue weighted by molar-refractivity contribution is 7.11. The van der Waals surface area contributed by atoms with Crippen molar-refractivity contribution in [3.63, 3.8) is 0 Å². The first kappa shape index (κ1) is 13.2. The Bertz CT molecular complexity index is 487. The lowest BCUT2D eigenvalue weighted by Crippen LogP contribution is -2.17. The Kier molecular flexibility index (Phi) is 4.50. The number of benzene rings is 1. The van der Waals surface area contributed by atoms with E-state index in [1.807, 2.05) is 6.20 Å². The van der Waals surface area contributed by atoms with E-state index in [2.05, 4.69) is 55.3 Å². The van der Waals surface area contributed by atoms with E-state index < -0.39 is 0 Å². The third-order valence-corrected chi connectivity index (χ3v) is 4.35. The van der Waals surface area contributed by atoms with Crippen molar-refractivity contribution in [3.8, 4) is 0 Å². The van der Waals surface area contributed by atoms with Crippen molar-refractivity contribution in [3.05, 3.63) is 51.5 Å². The molecule has 1 aromatic carbocycles.